The molecule has 3 rings (SSSR count). The monoisotopic (exact) mass is 316 g/mol. The number of nitrogens with one attached hydrogen (secondary N) is 1. The van der Waals surface area contributed by atoms with Gasteiger partial charge >= 0.3 is 0 Å². The largest absolute Gasteiger partial charge is 0.381 e. The first-order valence-corrected chi connectivity index (χ1v) is 8.65. The predicted molar refractivity (Wildman–Crippen MR) is 93.6 cm³/mol. The number of guanidine groups is 1. The second kappa shape index (κ2) is 8.31. The maximum Gasteiger partial charge on any atom is 0.193 e. The average Bonchev–Trinajstić information content (AvgIpc) is 3.11. The van der Waals surface area contributed by atoms with E-state index >= 15 is 0 Å². The molecule has 1 aromatic rings. The van der Waals surface area contributed by atoms with Crippen LogP contribution in [-0.4, -0.2) is 68.7 Å². The van der Waals surface area contributed by atoms with Crippen LogP contribution in [0.5, 0.6) is 0 Å². The van der Waals surface area contributed by atoms with Crippen LogP contribution in [0.1, 0.15) is 12.0 Å². The molecule has 126 valence electrons. The van der Waals surface area contributed by atoms with Crippen molar-refractivity contribution in [2.75, 3.05) is 53.0 Å². The van der Waals surface area contributed by atoms with E-state index in [1.165, 1.54) is 5.56 Å². The van der Waals surface area contributed by atoms with Crippen molar-refractivity contribution in [1.29, 1.82) is 0 Å². The number of ether oxygens (including phenoxy) is 1. The van der Waals surface area contributed by atoms with Crippen LogP contribution in [0.2, 0.25) is 0 Å². The molecule has 1 aromatic carbocycles. The third-order valence-corrected chi connectivity index (χ3v) is 4.71. The Kier molecular flexibility index (Phi) is 5.88. The second-order valence-electron chi connectivity index (χ2n) is 6.41. The van der Waals surface area contributed by atoms with Gasteiger partial charge in [-0.15, -0.1) is 0 Å². The van der Waals surface area contributed by atoms with Gasteiger partial charge in [-0.2, -0.15) is 0 Å². The van der Waals surface area contributed by atoms with Crippen LogP contribution in [0.3, 0.4) is 0 Å². The normalized spacial score (nSPS) is 23.3. The highest BCUT2D eigenvalue weighted by atomic mass is 16.5. The van der Waals surface area contributed by atoms with Crippen molar-refractivity contribution in [3.63, 3.8) is 0 Å². The molecule has 0 amide bonds. The molecular weight excluding hydrogens is 288 g/mol. The minimum atomic E-state index is 0.631. The maximum atomic E-state index is 5.44. The summed E-state index contributed by atoms with van der Waals surface area (Å²) in [4.78, 5) is 9.34. The highest BCUT2D eigenvalue weighted by Crippen LogP contribution is 2.12. The Morgan fingerprint density at radius 2 is 2.00 bits per heavy atom. The molecule has 1 unspecified atom stereocenters. The van der Waals surface area contributed by atoms with Gasteiger partial charge in [-0.3, -0.25) is 9.89 Å². The average molecular weight is 316 g/mol. The van der Waals surface area contributed by atoms with Crippen molar-refractivity contribution in [3.8, 4) is 0 Å². The van der Waals surface area contributed by atoms with E-state index in [-0.39, 0.29) is 0 Å². The van der Waals surface area contributed by atoms with Gasteiger partial charge in [0.2, 0.25) is 0 Å². The molecule has 2 aliphatic rings. The smallest absolute Gasteiger partial charge is 0.193 e. The van der Waals surface area contributed by atoms with Crippen molar-refractivity contribution in [1.82, 2.24) is 15.1 Å². The molecule has 0 aliphatic carbocycles. The minimum Gasteiger partial charge on any atom is -0.381 e. The summed E-state index contributed by atoms with van der Waals surface area (Å²) in [5.74, 6) is 1.67. The van der Waals surface area contributed by atoms with Crippen LogP contribution in [-0.2, 0) is 11.3 Å². The third kappa shape index (κ3) is 4.69. The molecule has 1 N–H and O–H groups in total. The van der Waals surface area contributed by atoms with Gasteiger partial charge in [-0.1, -0.05) is 30.3 Å². The molecule has 1 atom stereocenters. The van der Waals surface area contributed by atoms with Crippen LogP contribution in [0, 0.1) is 5.92 Å². The Morgan fingerprint density at radius 1 is 1.22 bits per heavy atom. The summed E-state index contributed by atoms with van der Waals surface area (Å²) in [6.45, 7) is 8.04. The molecular formula is C18H28N4O. The van der Waals surface area contributed by atoms with E-state index in [0.29, 0.717) is 5.92 Å². The molecule has 0 bridgehead atoms. The molecule has 23 heavy (non-hydrogen) atoms. The molecule has 5 heteroatoms. The SMILES string of the molecule is CN=C(NCC1CCOC1)N1CCN(Cc2ccccc2)CC1. The fourth-order valence-corrected chi connectivity index (χ4v) is 3.27. The van der Waals surface area contributed by atoms with E-state index in [4.69, 9.17) is 4.74 Å². The molecule has 2 aliphatic heterocycles. The van der Waals surface area contributed by atoms with E-state index in [1.807, 2.05) is 7.05 Å². The minimum absolute atomic E-state index is 0.631. The zero-order valence-corrected chi connectivity index (χ0v) is 14.1. The van der Waals surface area contributed by atoms with E-state index in [0.717, 1.165) is 64.9 Å². The highest BCUT2D eigenvalue weighted by molar-refractivity contribution is 5.80. The number of nitrogens with zero attached hydrogens (tertiary/aromatic N) is 3. The first kappa shape index (κ1) is 16.3. The lowest BCUT2D eigenvalue weighted by atomic mass is 10.1. The predicted octanol–water partition coefficient (Wildman–Crippen LogP) is 1.42. The van der Waals surface area contributed by atoms with Gasteiger partial charge in [-0.25, -0.2) is 0 Å². The molecule has 2 heterocycles. The fourth-order valence-electron chi connectivity index (χ4n) is 3.27. The molecule has 5 nitrogen and oxygen atoms in total. The standard InChI is InChI=1S/C18H28N4O/c1-19-18(20-13-17-7-12-23-15-17)22-10-8-21(9-11-22)14-16-5-3-2-4-6-16/h2-6,17H,7-15H2,1H3,(H,19,20). The van der Waals surface area contributed by atoms with E-state index in [2.05, 4.69) is 50.4 Å². The van der Waals surface area contributed by atoms with Gasteiger partial charge in [0.1, 0.15) is 0 Å². The van der Waals surface area contributed by atoms with Gasteiger partial charge in [0.15, 0.2) is 5.96 Å². The van der Waals surface area contributed by atoms with Gasteiger partial charge in [-0.05, 0) is 12.0 Å². The lowest BCUT2D eigenvalue weighted by Gasteiger charge is -2.36. The Morgan fingerprint density at radius 3 is 2.65 bits per heavy atom. The van der Waals surface area contributed by atoms with Crippen molar-refractivity contribution in [2.45, 2.75) is 13.0 Å². The van der Waals surface area contributed by atoms with Crippen LogP contribution in [0.15, 0.2) is 35.3 Å². The molecule has 0 radical (unpaired) electrons. The Labute approximate surface area is 139 Å². The van der Waals surface area contributed by atoms with Crippen molar-refractivity contribution in [3.05, 3.63) is 35.9 Å². The Hall–Kier alpha value is -1.59. The van der Waals surface area contributed by atoms with Crippen molar-refractivity contribution in [2.24, 2.45) is 10.9 Å². The van der Waals surface area contributed by atoms with Gasteiger partial charge in [0.25, 0.3) is 0 Å². The lowest BCUT2D eigenvalue weighted by molar-refractivity contribution is 0.171. The first-order valence-electron chi connectivity index (χ1n) is 8.65. The number of benzene rings is 1. The fraction of sp³-hybridized carbons (Fsp3) is 0.611. The zero-order valence-electron chi connectivity index (χ0n) is 14.1. The number of hydrogen-bond acceptors (Lipinski definition) is 3. The topological polar surface area (TPSA) is 40.1 Å². The van der Waals surface area contributed by atoms with Crippen LogP contribution >= 0.6 is 0 Å². The molecule has 0 spiro atoms. The molecule has 2 fully saturated rings. The summed E-state index contributed by atoms with van der Waals surface area (Å²) in [6, 6.07) is 10.7. The third-order valence-electron chi connectivity index (χ3n) is 4.71. The first-order chi connectivity index (χ1) is 11.3. The van der Waals surface area contributed by atoms with Crippen LogP contribution in [0.25, 0.3) is 0 Å². The van der Waals surface area contributed by atoms with Crippen molar-refractivity contribution >= 4 is 5.96 Å². The number of aliphatic imine (C=N–C) groups is 1. The summed E-state index contributed by atoms with van der Waals surface area (Å²) in [5, 5.41) is 3.52. The second-order valence-corrected chi connectivity index (χ2v) is 6.41. The molecule has 2 saturated heterocycles. The van der Waals surface area contributed by atoms with Gasteiger partial charge < -0.3 is 15.0 Å². The number of piperazine rings is 1. The number of hydrogen-bond donors (Lipinski definition) is 1. The highest BCUT2D eigenvalue weighted by Gasteiger charge is 2.21. The van der Waals surface area contributed by atoms with Crippen LogP contribution < -0.4 is 5.32 Å². The summed E-state index contributed by atoms with van der Waals surface area (Å²) >= 11 is 0. The van der Waals surface area contributed by atoms with Gasteiger partial charge in [0.05, 0.1) is 6.61 Å². The summed E-state index contributed by atoms with van der Waals surface area (Å²) < 4.78 is 5.44. The number of rotatable bonds is 4. The van der Waals surface area contributed by atoms with Gasteiger partial charge in [0, 0.05) is 58.8 Å². The summed E-state index contributed by atoms with van der Waals surface area (Å²) in [7, 11) is 1.88. The van der Waals surface area contributed by atoms with E-state index < -0.39 is 0 Å². The van der Waals surface area contributed by atoms with Crippen LogP contribution in [0.4, 0.5) is 0 Å². The Balaban J connectivity index is 1.43. The Bertz CT molecular complexity index is 491. The van der Waals surface area contributed by atoms with E-state index in [1.54, 1.807) is 0 Å². The quantitative estimate of drug-likeness (QED) is 0.674. The molecule has 0 saturated carbocycles. The van der Waals surface area contributed by atoms with E-state index in [9.17, 15) is 0 Å². The summed E-state index contributed by atoms with van der Waals surface area (Å²) in [6.07, 6.45) is 1.16. The summed E-state index contributed by atoms with van der Waals surface area (Å²) in [5.41, 5.74) is 1.39. The maximum absolute atomic E-state index is 5.44. The molecule has 0 aromatic heterocycles. The zero-order chi connectivity index (χ0) is 15.9. The lowest BCUT2D eigenvalue weighted by Crippen LogP contribution is -2.52. The van der Waals surface area contributed by atoms with Crippen molar-refractivity contribution < 1.29 is 4.74 Å².